The molecule has 192 valence electrons. The number of hydrogen-bond donors (Lipinski definition) is 1. The molecule has 2 amide bonds. The smallest absolute Gasteiger partial charge is 0.244 e. The Kier molecular flexibility index (Phi) is 9.25. The number of sulfonamides is 1. The number of methoxy groups -OCH3 is 1. The van der Waals surface area contributed by atoms with Crippen molar-refractivity contribution in [2.45, 2.75) is 52.2 Å². The molecule has 0 fully saturated rings. The van der Waals surface area contributed by atoms with Crippen molar-refractivity contribution in [3.05, 3.63) is 59.9 Å². The van der Waals surface area contributed by atoms with Gasteiger partial charge >= 0.3 is 0 Å². The van der Waals surface area contributed by atoms with Crippen molar-refractivity contribution < 1.29 is 27.1 Å². The second-order valence-corrected chi connectivity index (χ2v) is 11.2. The summed E-state index contributed by atoms with van der Waals surface area (Å²) < 4.78 is 44.9. The van der Waals surface area contributed by atoms with Gasteiger partial charge in [-0.2, -0.15) is 0 Å². The van der Waals surface area contributed by atoms with E-state index >= 15 is 0 Å². The number of carbonyl (C=O) groups excluding carboxylic acids is 2. The summed E-state index contributed by atoms with van der Waals surface area (Å²) in [4.78, 5) is 28.1. The summed E-state index contributed by atoms with van der Waals surface area (Å²) in [6.45, 7) is 6.77. The maximum atomic E-state index is 13.8. The molecule has 0 saturated heterocycles. The number of amides is 2. The van der Waals surface area contributed by atoms with Gasteiger partial charge in [0.2, 0.25) is 21.8 Å². The van der Waals surface area contributed by atoms with Crippen molar-refractivity contribution >= 4 is 27.5 Å². The molecule has 1 N–H and O–H groups in total. The highest BCUT2D eigenvalue weighted by Crippen LogP contribution is 2.21. The summed E-state index contributed by atoms with van der Waals surface area (Å²) >= 11 is 0. The highest BCUT2D eigenvalue weighted by Gasteiger charge is 2.33. The maximum Gasteiger partial charge on any atom is 0.244 e. The molecule has 0 aliphatic rings. The number of nitrogens with one attached hydrogen (secondary N) is 1. The molecule has 0 heterocycles. The lowest BCUT2D eigenvalue weighted by Gasteiger charge is -2.34. The number of hydrogen-bond acceptors (Lipinski definition) is 5. The molecule has 35 heavy (non-hydrogen) atoms. The Morgan fingerprint density at radius 3 is 2.23 bits per heavy atom. The summed E-state index contributed by atoms with van der Waals surface area (Å²) in [6, 6.07) is 11.2. The summed E-state index contributed by atoms with van der Waals surface area (Å²) in [6.07, 6.45) is 1.26. The van der Waals surface area contributed by atoms with Crippen molar-refractivity contribution in [3.8, 4) is 5.75 Å². The lowest BCUT2D eigenvalue weighted by atomic mass is 10.1. The molecule has 0 aliphatic heterocycles. The first-order chi connectivity index (χ1) is 16.2. The van der Waals surface area contributed by atoms with Crippen LogP contribution in [-0.2, 0) is 26.2 Å². The second kappa shape index (κ2) is 11.5. The lowest BCUT2D eigenvalue weighted by Crippen LogP contribution is -2.55. The molecule has 2 aromatic carbocycles. The second-order valence-electron chi connectivity index (χ2n) is 9.28. The van der Waals surface area contributed by atoms with Crippen molar-refractivity contribution in [2.24, 2.45) is 0 Å². The van der Waals surface area contributed by atoms with Gasteiger partial charge in [-0.15, -0.1) is 0 Å². The van der Waals surface area contributed by atoms with Gasteiger partial charge in [0.1, 0.15) is 24.2 Å². The molecule has 10 heteroatoms. The fraction of sp³-hybridized carbons (Fsp3) is 0.440. The SMILES string of the molecule is CCC(C(=O)NC(C)(C)C)N(Cc1ccc(OC)cc1)C(=O)CN(c1cccc(F)c1)S(C)(=O)=O. The highest BCUT2D eigenvalue weighted by molar-refractivity contribution is 7.92. The lowest BCUT2D eigenvalue weighted by molar-refractivity contribution is -0.141. The van der Waals surface area contributed by atoms with E-state index in [9.17, 15) is 22.4 Å². The molecular formula is C25H34FN3O5S. The molecule has 1 atom stereocenters. The van der Waals surface area contributed by atoms with Crippen LogP contribution in [0.2, 0.25) is 0 Å². The fourth-order valence-electron chi connectivity index (χ4n) is 3.54. The number of rotatable bonds is 10. The predicted molar refractivity (Wildman–Crippen MR) is 134 cm³/mol. The largest absolute Gasteiger partial charge is 0.497 e. The minimum absolute atomic E-state index is 0.0254. The molecule has 1 unspecified atom stereocenters. The van der Waals surface area contributed by atoms with Crippen LogP contribution in [0, 0.1) is 5.82 Å². The Balaban J connectivity index is 2.45. The van der Waals surface area contributed by atoms with Crippen LogP contribution in [0.25, 0.3) is 0 Å². The maximum absolute atomic E-state index is 13.8. The molecular weight excluding hydrogens is 473 g/mol. The van der Waals surface area contributed by atoms with Crippen LogP contribution in [0.1, 0.15) is 39.7 Å². The Labute approximate surface area is 207 Å². The quantitative estimate of drug-likeness (QED) is 0.532. The van der Waals surface area contributed by atoms with Crippen LogP contribution in [0.3, 0.4) is 0 Å². The van der Waals surface area contributed by atoms with Crippen LogP contribution in [0.15, 0.2) is 48.5 Å². The summed E-state index contributed by atoms with van der Waals surface area (Å²) in [5.74, 6) is -0.932. The topological polar surface area (TPSA) is 96.0 Å². The van der Waals surface area contributed by atoms with Gasteiger partial charge in [-0.05, 0) is 63.1 Å². The van der Waals surface area contributed by atoms with Gasteiger partial charge in [-0.1, -0.05) is 25.1 Å². The van der Waals surface area contributed by atoms with E-state index in [1.165, 1.54) is 23.1 Å². The summed E-state index contributed by atoms with van der Waals surface area (Å²) in [5.41, 5.74) is 0.231. The van der Waals surface area contributed by atoms with Gasteiger partial charge in [-0.3, -0.25) is 13.9 Å². The number of carbonyl (C=O) groups is 2. The van der Waals surface area contributed by atoms with E-state index in [-0.39, 0.29) is 18.1 Å². The third kappa shape index (κ3) is 8.24. The zero-order valence-electron chi connectivity index (χ0n) is 21.0. The third-order valence-corrected chi connectivity index (χ3v) is 6.31. The monoisotopic (exact) mass is 507 g/mol. The molecule has 0 radical (unpaired) electrons. The van der Waals surface area contributed by atoms with Crippen molar-refractivity contribution in [1.29, 1.82) is 0 Å². The molecule has 0 bridgehead atoms. The minimum Gasteiger partial charge on any atom is -0.497 e. The van der Waals surface area contributed by atoms with Gasteiger partial charge in [0.25, 0.3) is 0 Å². The first-order valence-electron chi connectivity index (χ1n) is 11.2. The third-order valence-electron chi connectivity index (χ3n) is 5.17. The number of halogens is 1. The number of anilines is 1. The standard InChI is InChI=1S/C25H34FN3O5S/c1-7-22(24(31)27-25(2,3)4)28(16-18-11-13-21(34-5)14-12-18)23(30)17-29(35(6,32)33)20-10-8-9-19(26)15-20/h8-15,22H,7,16-17H2,1-6H3,(H,27,31). The average molecular weight is 508 g/mol. The molecule has 0 aliphatic carbocycles. The van der Waals surface area contributed by atoms with Gasteiger partial charge in [0.05, 0.1) is 19.1 Å². The minimum atomic E-state index is -3.92. The van der Waals surface area contributed by atoms with Gasteiger partial charge in [0, 0.05) is 12.1 Å². The zero-order chi connectivity index (χ0) is 26.4. The van der Waals surface area contributed by atoms with Crippen molar-refractivity contribution in [1.82, 2.24) is 10.2 Å². The molecule has 2 aromatic rings. The highest BCUT2D eigenvalue weighted by atomic mass is 32.2. The average Bonchev–Trinajstić information content (AvgIpc) is 2.75. The van der Waals surface area contributed by atoms with Gasteiger partial charge in [-0.25, -0.2) is 12.8 Å². The molecule has 0 spiro atoms. The van der Waals surface area contributed by atoms with Gasteiger partial charge < -0.3 is 15.0 Å². The Morgan fingerprint density at radius 2 is 1.74 bits per heavy atom. The Hall–Kier alpha value is -3.14. The van der Waals surface area contributed by atoms with Crippen molar-refractivity contribution in [2.75, 3.05) is 24.2 Å². The predicted octanol–water partition coefficient (Wildman–Crippen LogP) is 3.32. The van der Waals surface area contributed by atoms with E-state index in [0.717, 1.165) is 22.2 Å². The van der Waals surface area contributed by atoms with E-state index < -0.39 is 39.9 Å². The Morgan fingerprint density at radius 1 is 1.11 bits per heavy atom. The van der Waals surface area contributed by atoms with E-state index in [0.29, 0.717) is 12.2 Å². The van der Waals surface area contributed by atoms with Crippen molar-refractivity contribution in [3.63, 3.8) is 0 Å². The van der Waals surface area contributed by atoms with Crippen LogP contribution in [0.5, 0.6) is 5.75 Å². The molecule has 8 nitrogen and oxygen atoms in total. The summed E-state index contributed by atoms with van der Waals surface area (Å²) in [5, 5.41) is 2.90. The fourth-order valence-corrected chi connectivity index (χ4v) is 4.39. The zero-order valence-corrected chi connectivity index (χ0v) is 21.9. The molecule has 0 aromatic heterocycles. The van der Waals surface area contributed by atoms with Crippen LogP contribution in [0.4, 0.5) is 10.1 Å². The number of ether oxygens (including phenoxy) is 1. The summed E-state index contributed by atoms with van der Waals surface area (Å²) in [7, 11) is -2.38. The first kappa shape index (κ1) is 28.1. The van der Waals surface area contributed by atoms with Crippen LogP contribution in [-0.4, -0.2) is 56.6 Å². The normalized spacial score (nSPS) is 12.5. The van der Waals surface area contributed by atoms with E-state index in [2.05, 4.69) is 5.32 Å². The molecule has 2 rings (SSSR count). The number of nitrogens with zero attached hydrogens (tertiary/aromatic N) is 2. The number of benzene rings is 2. The van der Waals surface area contributed by atoms with E-state index in [1.807, 2.05) is 20.8 Å². The van der Waals surface area contributed by atoms with E-state index in [4.69, 9.17) is 4.74 Å². The molecule has 0 saturated carbocycles. The van der Waals surface area contributed by atoms with Crippen LogP contribution < -0.4 is 14.4 Å². The van der Waals surface area contributed by atoms with Gasteiger partial charge in [0.15, 0.2) is 0 Å². The van der Waals surface area contributed by atoms with Crippen LogP contribution >= 0.6 is 0 Å². The first-order valence-corrected chi connectivity index (χ1v) is 13.1. The van der Waals surface area contributed by atoms with E-state index in [1.54, 1.807) is 38.3 Å². The Bertz CT molecular complexity index is 1130.